The van der Waals surface area contributed by atoms with Crippen LogP contribution in [0.15, 0.2) is 6.07 Å². The lowest BCUT2D eigenvalue weighted by molar-refractivity contribution is 0.0669. The molecule has 31 heavy (non-hydrogen) atoms. The topological polar surface area (TPSA) is 96.5 Å². The number of halogens is 2. The number of aryl methyl sites for hydroxylation is 1. The minimum Gasteiger partial charge on any atom is -0.471 e. The van der Waals surface area contributed by atoms with Gasteiger partial charge in [-0.3, -0.25) is 10.1 Å². The summed E-state index contributed by atoms with van der Waals surface area (Å²) in [7, 11) is 1.50. The van der Waals surface area contributed by atoms with E-state index in [0.29, 0.717) is 39.4 Å². The molecule has 1 aliphatic carbocycles. The Morgan fingerprint density at radius 3 is 2.77 bits per heavy atom. The highest BCUT2D eigenvalue weighted by Gasteiger charge is 2.41. The summed E-state index contributed by atoms with van der Waals surface area (Å²) in [4.78, 5) is 35.8. The van der Waals surface area contributed by atoms with Crippen molar-refractivity contribution in [2.75, 3.05) is 19.0 Å². The predicted octanol–water partition coefficient (Wildman–Crippen LogP) is 3.66. The van der Waals surface area contributed by atoms with Gasteiger partial charge in [-0.15, -0.1) is 0 Å². The molecule has 2 aromatic heterocycles. The van der Waals surface area contributed by atoms with Crippen molar-refractivity contribution in [2.24, 2.45) is 5.92 Å². The van der Waals surface area contributed by atoms with E-state index in [2.05, 4.69) is 20.6 Å². The molecule has 2 aromatic rings. The third-order valence-corrected chi connectivity index (χ3v) is 6.60. The number of pyridine rings is 1. The molecule has 2 aliphatic rings. The SMILES string of the molecule is CNC(=O)Nc1nc(C)c(-c2cc3c(c(OCC(F)F)n2)C(=O)N([C@@H](C)C2CC2)C3)s1. The summed E-state index contributed by atoms with van der Waals surface area (Å²) in [6.07, 6.45) is -0.519. The number of aromatic nitrogens is 2. The number of ether oxygens (including phenoxy) is 1. The number of rotatable bonds is 7. The number of hydrogen-bond donors (Lipinski definition) is 2. The largest absolute Gasteiger partial charge is 0.471 e. The summed E-state index contributed by atoms with van der Waals surface area (Å²) in [6.45, 7) is 3.31. The van der Waals surface area contributed by atoms with E-state index in [9.17, 15) is 18.4 Å². The molecule has 0 unspecified atom stereocenters. The predicted molar refractivity (Wildman–Crippen MR) is 112 cm³/mol. The summed E-state index contributed by atoms with van der Waals surface area (Å²) in [6, 6.07) is 1.45. The number of thiazole rings is 1. The molecule has 11 heteroatoms. The van der Waals surface area contributed by atoms with Crippen molar-refractivity contribution in [3.05, 3.63) is 22.9 Å². The lowest BCUT2D eigenvalue weighted by atomic mass is 10.1. The Balaban J connectivity index is 1.71. The molecule has 0 spiro atoms. The summed E-state index contributed by atoms with van der Waals surface area (Å²) >= 11 is 1.21. The quantitative estimate of drug-likeness (QED) is 0.670. The molecule has 1 atom stereocenters. The van der Waals surface area contributed by atoms with Crippen LogP contribution in [-0.4, -0.2) is 52.9 Å². The number of carbonyl (C=O) groups excluding carboxylic acids is 2. The van der Waals surface area contributed by atoms with Crippen LogP contribution >= 0.6 is 11.3 Å². The Morgan fingerprint density at radius 2 is 2.13 bits per heavy atom. The van der Waals surface area contributed by atoms with Gasteiger partial charge in [-0.2, -0.15) is 0 Å². The Morgan fingerprint density at radius 1 is 1.39 bits per heavy atom. The number of amides is 3. The van der Waals surface area contributed by atoms with Gasteiger partial charge < -0.3 is 15.0 Å². The Kier molecular flexibility index (Phi) is 5.78. The van der Waals surface area contributed by atoms with Crippen LogP contribution in [0.1, 0.15) is 41.4 Å². The lowest BCUT2D eigenvalue weighted by Crippen LogP contribution is -2.34. The second-order valence-corrected chi connectivity index (χ2v) is 8.70. The molecule has 2 N–H and O–H groups in total. The molecule has 0 aromatic carbocycles. The van der Waals surface area contributed by atoms with Gasteiger partial charge in [0.1, 0.15) is 5.56 Å². The third-order valence-electron chi connectivity index (χ3n) is 5.50. The molecule has 1 saturated carbocycles. The lowest BCUT2D eigenvalue weighted by Gasteiger charge is -2.23. The number of anilines is 1. The maximum atomic E-state index is 13.1. The number of hydrogen-bond acceptors (Lipinski definition) is 6. The van der Waals surface area contributed by atoms with Crippen LogP contribution in [0.5, 0.6) is 5.88 Å². The van der Waals surface area contributed by atoms with E-state index >= 15 is 0 Å². The Hall–Kier alpha value is -2.82. The van der Waals surface area contributed by atoms with Crippen LogP contribution in [0.2, 0.25) is 0 Å². The molecule has 0 bridgehead atoms. The van der Waals surface area contributed by atoms with Crippen LogP contribution in [0, 0.1) is 12.8 Å². The normalized spacial score (nSPS) is 16.5. The molecule has 1 fully saturated rings. The molecule has 3 amide bonds. The molecule has 1 aliphatic heterocycles. The Labute approximate surface area is 182 Å². The molecular formula is C20H23F2N5O3S. The van der Waals surface area contributed by atoms with Crippen LogP contribution < -0.4 is 15.4 Å². The average Bonchev–Trinajstić information content (AvgIpc) is 3.44. The molecule has 0 saturated heterocycles. The third kappa shape index (κ3) is 4.32. The van der Waals surface area contributed by atoms with Crippen molar-refractivity contribution in [1.82, 2.24) is 20.2 Å². The minimum atomic E-state index is -2.69. The van der Waals surface area contributed by atoms with E-state index in [4.69, 9.17) is 4.74 Å². The van der Waals surface area contributed by atoms with Crippen molar-refractivity contribution >= 4 is 28.4 Å². The Bertz CT molecular complexity index is 1020. The van der Waals surface area contributed by atoms with Crippen LogP contribution in [-0.2, 0) is 6.54 Å². The van der Waals surface area contributed by atoms with Gasteiger partial charge in [0.05, 0.1) is 16.3 Å². The van der Waals surface area contributed by atoms with Crippen molar-refractivity contribution in [1.29, 1.82) is 0 Å². The van der Waals surface area contributed by atoms with Gasteiger partial charge in [-0.05, 0) is 44.2 Å². The maximum Gasteiger partial charge on any atom is 0.320 e. The van der Waals surface area contributed by atoms with E-state index in [1.54, 1.807) is 17.9 Å². The standard InChI is InChI=1S/C20H23F2N5O3S/c1-9-16(31-20(24-9)26-19(29)23-3)13-6-12-7-27(10(2)11-4-5-11)18(28)15(12)17(25-13)30-8-14(21)22/h6,10-11,14H,4-5,7-8H2,1-3H3,(H2,23,24,26,29)/t10-/m0/s1. The highest BCUT2D eigenvalue weighted by molar-refractivity contribution is 7.19. The summed E-state index contributed by atoms with van der Waals surface area (Å²) in [5, 5.41) is 5.45. The first-order valence-corrected chi connectivity index (χ1v) is 10.8. The van der Waals surface area contributed by atoms with Gasteiger partial charge in [0.15, 0.2) is 11.7 Å². The van der Waals surface area contributed by atoms with Gasteiger partial charge in [-0.1, -0.05) is 11.3 Å². The van der Waals surface area contributed by atoms with E-state index in [-0.39, 0.29) is 23.4 Å². The zero-order chi connectivity index (χ0) is 22.3. The van der Waals surface area contributed by atoms with Gasteiger partial charge in [0.2, 0.25) is 5.88 Å². The zero-order valence-corrected chi connectivity index (χ0v) is 18.2. The molecule has 166 valence electrons. The maximum absolute atomic E-state index is 13.1. The molecular weight excluding hydrogens is 428 g/mol. The number of nitrogens with one attached hydrogen (secondary N) is 2. The second kappa shape index (κ2) is 8.37. The van der Waals surface area contributed by atoms with E-state index < -0.39 is 19.1 Å². The molecule has 4 rings (SSSR count). The number of nitrogens with zero attached hydrogens (tertiary/aromatic N) is 3. The van der Waals surface area contributed by atoms with Gasteiger partial charge in [-0.25, -0.2) is 23.5 Å². The first-order chi connectivity index (χ1) is 14.8. The first kappa shape index (κ1) is 21.4. The number of fused-ring (bicyclic) bond motifs is 1. The van der Waals surface area contributed by atoms with E-state index in [0.717, 1.165) is 12.8 Å². The number of carbonyl (C=O) groups is 2. The van der Waals surface area contributed by atoms with E-state index in [1.807, 2.05) is 6.92 Å². The minimum absolute atomic E-state index is 0.0693. The van der Waals surface area contributed by atoms with Crippen LogP contribution in [0.25, 0.3) is 10.6 Å². The highest BCUT2D eigenvalue weighted by Crippen LogP contribution is 2.42. The van der Waals surface area contributed by atoms with E-state index in [1.165, 1.54) is 18.4 Å². The average molecular weight is 451 g/mol. The monoisotopic (exact) mass is 451 g/mol. The van der Waals surface area contributed by atoms with Gasteiger partial charge in [0, 0.05) is 19.6 Å². The number of urea groups is 1. The molecule has 0 radical (unpaired) electrons. The van der Waals surface area contributed by atoms with Crippen LogP contribution in [0.4, 0.5) is 18.7 Å². The summed E-state index contributed by atoms with van der Waals surface area (Å²) < 4.78 is 30.9. The smallest absolute Gasteiger partial charge is 0.320 e. The second-order valence-electron chi connectivity index (χ2n) is 7.70. The summed E-state index contributed by atoms with van der Waals surface area (Å²) in [5.41, 5.74) is 2.04. The van der Waals surface area contributed by atoms with Crippen molar-refractivity contribution in [2.45, 2.75) is 45.7 Å². The van der Waals surface area contributed by atoms with Gasteiger partial charge in [0.25, 0.3) is 12.3 Å². The zero-order valence-electron chi connectivity index (χ0n) is 17.4. The van der Waals surface area contributed by atoms with Crippen LogP contribution in [0.3, 0.4) is 0 Å². The first-order valence-electron chi connectivity index (χ1n) is 10.0. The van der Waals surface area contributed by atoms with Crippen molar-refractivity contribution < 1.29 is 23.1 Å². The fourth-order valence-electron chi connectivity index (χ4n) is 3.70. The fourth-order valence-corrected chi connectivity index (χ4v) is 4.62. The fraction of sp³-hybridized carbons (Fsp3) is 0.500. The number of alkyl halides is 2. The van der Waals surface area contributed by atoms with Gasteiger partial charge >= 0.3 is 6.03 Å². The van der Waals surface area contributed by atoms with Crippen molar-refractivity contribution in [3.63, 3.8) is 0 Å². The molecule has 8 nitrogen and oxygen atoms in total. The molecule has 3 heterocycles. The van der Waals surface area contributed by atoms with Crippen molar-refractivity contribution in [3.8, 4) is 16.5 Å². The summed E-state index contributed by atoms with van der Waals surface area (Å²) in [5.74, 6) is 0.149. The highest BCUT2D eigenvalue weighted by atomic mass is 32.1.